The molecular weight excluding hydrogens is 936 g/mol. The Bertz CT molecular complexity index is 1260. The highest BCUT2D eigenvalue weighted by atomic mass is 31.2. The molecule has 0 saturated heterocycles. The number of likely N-dealkylation sites (N-methyl/N-ethyl adjacent to an activating group) is 1. The van der Waals surface area contributed by atoms with Crippen LogP contribution in [-0.2, 0) is 18.4 Å². The fourth-order valence-corrected chi connectivity index (χ4v) is 10.8. The van der Waals surface area contributed by atoms with Gasteiger partial charge in [0.05, 0.1) is 39.9 Å². The Labute approximate surface area is 462 Å². The lowest BCUT2D eigenvalue weighted by molar-refractivity contribution is -0.870. The maximum absolute atomic E-state index is 13.0. The van der Waals surface area contributed by atoms with Crippen molar-refractivity contribution in [1.29, 1.82) is 0 Å². The van der Waals surface area contributed by atoms with Gasteiger partial charge in [0, 0.05) is 6.42 Å². The molecule has 3 N–H and O–H groups in total. The highest BCUT2D eigenvalue weighted by molar-refractivity contribution is 7.47. The van der Waals surface area contributed by atoms with Crippen LogP contribution in [0.15, 0.2) is 24.3 Å². The molecule has 3 unspecified atom stereocenters. The molecule has 0 aliphatic rings. The third-order valence-corrected chi connectivity index (χ3v) is 16.2. The normalized spacial score (nSPS) is 13.9. The molecule has 0 aromatic carbocycles. The summed E-state index contributed by atoms with van der Waals surface area (Å²) in [5.74, 6) is -0.141. The predicted molar refractivity (Wildman–Crippen MR) is 323 cm³/mol. The average Bonchev–Trinajstić information content (AvgIpc) is 3.36. The lowest BCUT2D eigenvalue weighted by Crippen LogP contribution is -2.46. The second-order valence-corrected chi connectivity index (χ2v) is 25.3. The van der Waals surface area contributed by atoms with Gasteiger partial charge in [-0.25, -0.2) is 4.57 Å². The minimum atomic E-state index is -4.33. The number of allylic oxidation sites excluding steroid dienone is 4. The maximum atomic E-state index is 13.0. The van der Waals surface area contributed by atoms with E-state index in [2.05, 4.69) is 43.5 Å². The summed E-state index contributed by atoms with van der Waals surface area (Å²) in [6.45, 7) is 4.93. The number of amides is 1. The molecule has 440 valence electrons. The number of hydrogen-bond acceptors (Lipinski definition) is 5. The van der Waals surface area contributed by atoms with E-state index in [-0.39, 0.29) is 19.1 Å². The van der Waals surface area contributed by atoms with E-state index in [1.165, 1.54) is 263 Å². The van der Waals surface area contributed by atoms with E-state index < -0.39 is 20.0 Å². The summed E-state index contributed by atoms with van der Waals surface area (Å²) in [6, 6.07) is -0.762. The molecule has 0 aromatic heterocycles. The molecule has 0 spiro atoms. The van der Waals surface area contributed by atoms with Crippen molar-refractivity contribution in [2.24, 2.45) is 0 Å². The van der Waals surface area contributed by atoms with Crippen molar-refractivity contribution in [1.82, 2.24) is 5.32 Å². The summed E-state index contributed by atoms with van der Waals surface area (Å²) in [5, 5.41) is 14.1. The van der Waals surface area contributed by atoms with Gasteiger partial charge in [0.2, 0.25) is 5.91 Å². The first-order chi connectivity index (χ1) is 36.0. The molecule has 9 heteroatoms. The van der Waals surface area contributed by atoms with Gasteiger partial charge in [-0.2, -0.15) is 0 Å². The molecule has 0 aromatic rings. The first kappa shape index (κ1) is 73.0. The molecule has 0 saturated carbocycles. The van der Waals surface area contributed by atoms with Gasteiger partial charge in [-0.15, -0.1) is 0 Å². The van der Waals surface area contributed by atoms with Crippen LogP contribution in [0.2, 0.25) is 0 Å². The second-order valence-electron chi connectivity index (χ2n) is 23.9. The van der Waals surface area contributed by atoms with Crippen LogP contribution in [0.25, 0.3) is 0 Å². The second kappa shape index (κ2) is 56.7. The summed E-state index contributed by atoms with van der Waals surface area (Å²) in [6.07, 6.45) is 72.6. The number of phosphoric acid groups is 1. The van der Waals surface area contributed by atoms with Gasteiger partial charge in [0.25, 0.3) is 0 Å². The molecule has 0 bridgehead atoms. The highest BCUT2D eigenvalue weighted by Gasteiger charge is 2.28. The Morgan fingerprint density at radius 2 is 0.770 bits per heavy atom. The van der Waals surface area contributed by atoms with Gasteiger partial charge in [0.15, 0.2) is 0 Å². The molecular formula is C65H130N2O6P+. The number of hydrogen-bond donors (Lipinski definition) is 3. The Hall–Kier alpha value is -1.02. The van der Waals surface area contributed by atoms with E-state index in [4.69, 9.17) is 9.05 Å². The third kappa shape index (κ3) is 58.7. The summed E-state index contributed by atoms with van der Waals surface area (Å²) < 4.78 is 23.9. The van der Waals surface area contributed by atoms with Crippen LogP contribution in [0.4, 0.5) is 0 Å². The number of quaternary nitrogens is 1. The molecule has 74 heavy (non-hydrogen) atoms. The van der Waals surface area contributed by atoms with Crippen molar-refractivity contribution in [3.05, 3.63) is 24.3 Å². The maximum Gasteiger partial charge on any atom is 0.472 e. The first-order valence-corrected chi connectivity index (χ1v) is 34.2. The van der Waals surface area contributed by atoms with Crippen molar-refractivity contribution in [3.63, 3.8) is 0 Å². The lowest BCUT2D eigenvalue weighted by atomic mass is 10.0. The molecule has 8 nitrogen and oxygen atoms in total. The van der Waals surface area contributed by atoms with E-state index >= 15 is 0 Å². The van der Waals surface area contributed by atoms with Gasteiger partial charge >= 0.3 is 7.82 Å². The van der Waals surface area contributed by atoms with Crippen LogP contribution in [0.1, 0.15) is 335 Å². The lowest BCUT2D eigenvalue weighted by Gasteiger charge is -2.26. The zero-order chi connectivity index (χ0) is 54.2. The average molecular weight is 1070 g/mol. The molecule has 3 atom stereocenters. The number of phosphoric ester groups is 1. The van der Waals surface area contributed by atoms with Crippen LogP contribution >= 0.6 is 7.82 Å². The number of nitrogens with zero attached hydrogens (tertiary/aromatic N) is 1. The topological polar surface area (TPSA) is 105 Å². The quantitative estimate of drug-likeness (QED) is 0.0243. The van der Waals surface area contributed by atoms with Gasteiger partial charge < -0.3 is 19.8 Å². The Morgan fingerprint density at radius 3 is 1.11 bits per heavy atom. The predicted octanol–water partition coefficient (Wildman–Crippen LogP) is 20.3. The highest BCUT2D eigenvalue weighted by Crippen LogP contribution is 2.43. The van der Waals surface area contributed by atoms with E-state index in [1.807, 2.05) is 21.1 Å². The number of aliphatic hydroxyl groups excluding tert-OH is 1. The Kier molecular flexibility index (Phi) is 55.9. The Morgan fingerprint density at radius 1 is 0.459 bits per heavy atom. The van der Waals surface area contributed by atoms with Gasteiger partial charge in [-0.3, -0.25) is 13.8 Å². The molecule has 0 aliphatic heterocycles. The van der Waals surface area contributed by atoms with Crippen molar-refractivity contribution in [3.8, 4) is 0 Å². The van der Waals surface area contributed by atoms with Crippen LogP contribution in [0.5, 0.6) is 0 Å². The molecule has 1 amide bonds. The fraction of sp³-hybridized carbons (Fsp3) is 0.923. The van der Waals surface area contributed by atoms with Crippen LogP contribution in [-0.4, -0.2) is 73.4 Å². The summed E-state index contributed by atoms with van der Waals surface area (Å²) in [5.41, 5.74) is 0. The van der Waals surface area contributed by atoms with Crippen molar-refractivity contribution >= 4 is 13.7 Å². The number of carbonyl (C=O) groups excluding carboxylic acids is 1. The Balaban J connectivity index is 4.06. The number of aliphatic hydroxyl groups is 1. The van der Waals surface area contributed by atoms with Gasteiger partial charge in [-0.05, 0) is 44.9 Å². The zero-order valence-electron chi connectivity index (χ0n) is 50.4. The van der Waals surface area contributed by atoms with Gasteiger partial charge in [-0.1, -0.05) is 308 Å². The smallest absolute Gasteiger partial charge is 0.391 e. The minimum Gasteiger partial charge on any atom is -0.391 e. The number of carbonyl (C=O) groups is 1. The summed E-state index contributed by atoms with van der Waals surface area (Å²) in [4.78, 5) is 23.4. The summed E-state index contributed by atoms with van der Waals surface area (Å²) in [7, 11) is 1.63. The number of unbranched alkanes of at least 4 members (excludes halogenated alkanes) is 44. The number of rotatable bonds is 61. The van der Waals surface area contributed by atoms with Crippen molar-refractivity contribution < 1.29 is 32.9 Å². The molecule has 0 radical (unpaired) electrons. The SMILES string of the molecule is CCCCCCC/C=C\C/C=C\CCCCCCCCCCCCCC(=O)NC(COP(=O)(O)OCC[N+](C)(C)C)C(O)CCCCCCCCCCCCCCCCCCCCCCCCCCCCCCC. The third-order valence-electron chi connectivity index (χ3n) is 15.2. The van der Waals surface area contributed by atoms with Crippen molar-refractivity contribution in [2.45, 2.75) is 347 Å². The zero-order valence-corrected chi connectivity index (χ0v) is 51.3. The largest absolute Gasteiger partial charge is 0.472 e. The van der Waals surface area contributed by atoms with E-state index in [1.54, 1.807) is 0 Å². The molecule has 0 fully saturated rings. The standard InChI is InChI=1S/C65H129N2O6P/c1-6-8-10-12-14-16-18-20-22-24-26-28-30-31-32-33-34-35-37-38-40-42-44-46-48-50-52-54-56-58-64(68)63(62-73-74(70,71)72-61-60-67(3,4)5)66-65(69)59-57-55-53-51-49-47-45-43-41-39-36-29-27-25-23-21-19-17-15-13-11-9-7-2/h19,21,25,27,63-64,68H,6-18,20,22-24,26,28-62H2,1-5H3,(H-,66,69,70,71)/p+1/b21-19-,27-25-. The van der Waals surface area contributed by atoms with E-state index in [9.17, 15) is 19.4 Å². The summed E-state index contributed by atoms with van der Waals surface area (Å²) >= 11 is 0. The molecule has 0 aliphatic carbocycles. The van der Waals surface area contributed by atoms with Crippen molar-refractivity contribution in [2.75, 3.05) is 40.9 Å². The minimum absolute atomic E-state index is 0.0759. The first-order valence-electron chi connectivity index (χ1n) is 32.7. The van der Waals surface area contributed by atoms with Crippen LogP contribution in [0, 0.1) is 0 Å². The number of nitrogens with one attached hydrogen (secondary N) is 1. The van der Waals surface area contributed by atoms with E-state index in [0.717, 1.165) is 44.9 Å². The molecule has 0 heterocycles. The molecule has 0 rings (SSSR count). The fourth-order valence-electron chi connectivity index (χ4n) is 10.1. The van der Waals surface area contributed by atoms with E-state index in [0.29, 0.717) is 23.9 Å². The van der Waals surface area contributed by atoms with Crippen LogP contribution < -0.4 is 5.32 Å². The van der Waals surface area contributed by atoms with Crippen LogP contribution in [0.3, 0.4) is 0 Å². The monoisotopic (exact) mass is 1070 g/mol. The van der Waals surface area contributed by atoms with Gasteiger partial charge in [0.1, 0.15) is 13.2 Å².